The minimum Gasteiger partial charge on any atom is -0.351 e. The van der Waals surface area contributed by atoms with Gasteiger partial charge in [0.25, 0.3) is 0 Å². The Hall–Kier alpha value is -2.09. The van der Waals surface area contributed by atoms with Gasteiger partial charge in [-0.15, -0.1) is 0 Å². The molecule has 0 spiro atoms. The first-order chi connectivity index (χ1) is 10.5. The van der Waals surface area contributed by atoms with Gasteiger partial charge in [-0.25, -0.2) is 0 Å². The Morgan fingerprint density at radius 3 is 2.09 bits per heavy atom. The number of hydrogen-bond donors (Lipinski definition) is 1. The molecule has 2 aromatic carbocycles. The predicted octanol–water partition coefficient (Wildman–Crippen LogP) is 3.93. The average Bonchev–Trinajstić information content (AvgIpc) is 2.47. The molecule has 22 heavy (non-hydrogen) atoms. The van der Waals surface area contributed by atoms with Crippen LogP contribution in [0.15, 0.2) is 54.6 Å². The Kier molecular flexibility index (Phi) is 5.37. The summed E-state index contributed by atoms with van der Waals surface area (Å²) < 4.78 is 0. The van der Waals surface area contributed by atoms with Crippen LogP contribution < -0.4 is 5.32 Å². The molecule has 116 valence electrons. The number of carbonyl (C=O) groups is 1. The van der Waals surface area contributed by atoms with E-state index in [0.29, 0.717) is 6.42 Å². The minimum absolute atomic E-state index is 0.0742. The molecule has 0 aliphatic heterocycles. The molecule has 0 radical (unpaired) electrons. The molecule has 2 nitrogen and oxygen atoms in total. The molecular weight excluding hydrogens is 270 g/mol. The van der Waals surface area contributed by atoms with Crippen LogP contribution in [0.5, 0.6) is 0 Å². The van der Waals surface area contributed by atoms with E-state index in [9.17, 15) is 4.79 Å². The Morgan fingerprint density at radius 1 is 0.909 bits per heavy atom. The molecule has 1 amide bonds. The minimum atomic E-state index is -0.248. The van der Waals surface area contributed by atoms with Crippen LogP contribution >= 0.6 is 0 Å². The van der Waals surface area contributed by atoms with Crippen molar-refractivity contribution in [2.75, 3.05) is 0 Å². The number of aryl methyl sites for hydroxylation is 1. The van der Waals surface area contributed by atoms with Crippen LogP contribution in [-0.4, -0.2) is 11.4 Å². The smallest absolute Gasteiger partial charge is 0.224 e. The molecule has 0 atom stereocenters. The maximum absolute atomic E-state index is 12.3. The summed E-state index contributed by atoms with van der Waals surface area (Å²) in [7, 11) is 0. The molecule has 0 fully saturated rings. The third kappa shape index (κ3) is 5.03. The normalized spacial score (nSPS) is 11.2. The predicted molar refractivity (Wildman–Crippen MR) is 91.9 cm³/mol. The highest BCUT2D eigenvalue weighted by Crippen LogP contribution is 2.13. The van der Waals surface area contributed by atoms with Crippen molar-refractivity contribution in [3.8, 4) is 0 Å². The second-order valence-electron chi connectivity index (χ2n) is 6.44. The van der Waals surface area contributed by atoms with Gasteiger partial charge in [0.2, 0.25) is 5.91 Å². The zero-order valence-corrected chi connectivity index (χ0v) is 13.7. The molecule has 2 aromatic rings. The molecule has 1 N–H and O–H groups in total. The van der Waals surface area contributed by atoms with Gasteiger partial charge in [0.1, 0.15) is 0 Å². The van der Waals surface area contributed by atoms with Crippen molar-refractivity contribution in [2.24, 2.45) is 0 Å². The quantitative estimate of drug-likeness (QED) is 0.859. The van der Waals surface area contributed by atoms with Gasteiger partial charge < -0.3 is 5.32 Å². The van der Waals surface area contributed by atoms with Crippen molar-refractivity contribution in [1.29, 1.82) is 0 Å². The second kappa shape index (κ2) is 7.26. The van der Waals surface area contributed by atoms with E-state index in [1.165, 1.54) is 11.1 Å². The monoisotopic (exact) mass is 295 g/mol. The summed E-state index contributed by atoms with van der Waals surface area (Å²) in [6, 6.07) is 18.5. The molecule has 0 saturated carbocycles. The number of nitrogens with one attached hydrogen (secondary N) is 1. The summed E-state index contributed by atoms with van der Waals surface area (Å²) >= 11 is 0. The van der Waals surface area contributed by atoms with Gasteiger partial charge >= 0.3 is 0 Å². The van der Waals surface area contributed by atoms with E-state index in [1.54, 1.807) is 0 Å². The van der Waals surface area contributed by atoms with Crippen LogP contribution in [0.1, 0.15) is 37.5 Å². The fourth-order valence-corrected chi connectivity index (χ4v) is 2.65. The van der Waals surface area contributed by atoms with E-state index in [-0.39, 0.29) is 11.4 Å². The van der Waals surface area contributed by atoms with Gasteiger partial charge in [0.05, 0.1) is 6.42 Å². The molecule has 0 aliphatic carbocycles. The SMILES string of the molecule is CCc1ccc(CC(=O)NC(C)(C)Cc2ccccc2)cc1. The molecule has 2 heteroatoms. The van der Waals surface area contributed by atoms with Gasteiger partial charge in [-0.05, 0) is 43.4 Å². The highest BCUT2D eigenvalue weighted by atomic mass is 16.1. The first kappa shape index (κ1) is 16.3. The fraction of sp³-hybridized carbons (Fsp3) is 0.350. The maximum atomic E-state index is 12.3. The van der Waals surface area contributed by atoms with Crippen LogP contribution in [0.4, 0.5) is 0 Å². The molecule has 0 heterocycles. The van der Waals surface area contributed by atoms with Gasteiger partial charge in [-0.3, -0.25) is 4.79 Å². The van der Waals surface area contributed by atoms with Crippen LogP contribution in [0.25, 0.3) is 0 Å². The Balaban J connectivity index is 1.92. The summed E-state index contributed by atoms with van der Waals surface area (Å²) in [4.78, 5) is 12.3. The number of amides is 1. The first-order valence-corrected chi connectivity index (χ1v) is 7.91. The van der Waals surface area contributed by atoms with Crippen LogP contribution in [-0.2, 0) is 24.1 Å². The zero-order chi connectivity index (χ0) is 16.0. The molecule has 0 bridgehead atoms. The van der Waals surface area contributed by atoms with Gasteiger partial charge in [0.15, 0.2) is 0 Å². The van der Waals surface area contributed by atoms with E-state index in [4.69, 9.17) is 0 Å². The van der Waals surface area contributed by atoms with Gasteiger partial charge in [0, 0.05) is 5.54 Å². The van der Waals surface area contributed by atoms with Gasteiger partial charge in [-0.1, -0.05) is 61.5 Å². The number of benzene rings is 2. The van der Waals surface area contributed by atoms with Crippen LogP contribution in [0.2, 0.25) is 0 Å². The lowest BCUT2D eigenvalue weighted by Gasteiger charge is -2.26. The summed E-state index contributed by atoms with van der Waals surface area (Å²) in [5.74, 6) is 0.0742. The Morgan fingerprint density at radius 2 is 1.50 bits per heavy atom. The van der Waals surface area contributed by atoms with Crippen molar-refractivity contribution in [3.63, 3.8) is 0 Å². The molecule has 0 aliphatic rings. The Labute approximate surface area is 133 Å². The molecule has 0 saturated heterocycles. The number of rotatable bonds is 6. The maximum Gasteiger partial charge on any atom is 0.224 e. The van der Waals surface area contributed by atoms with Crippen LogP contribution in [0.3, 0.4) is 0 Å². The lowest BCUT2D eigenvalue weighted by molar-refractivity contribution is -0.122. The third-order valence-electron chi connectivity index (χ3n) is 3.76. The van der Waals surface area contributed by atoms with Crippen molar-refractivity contribution < 1.29 is 4.79 Å². The summed E-state index contributed by atoms with van der Waals surface area (Å²) in [6.07, 6.45) is 2.28. The van der Waals surface area contributed by atoms with Crippen LogP contribution in [0, 0.1) is 0 Å². The number of carbonyl (C=O) groups excluding carboxylic acids is 1. The van der Waals surface area contributed by atoms with Crippen molar-refractivity contribution >= 4 is 5.91 Å². The molecule has 0 unspecified atom stereocenters. The molecule has 0 aromatic heterocycles. The lowest BCUT2D eigenvalue weighted by Crippen LogP contribution is -2.45. The second-order valence-corrected chi connectivity index (χ2v) is 6.44. The third-order valence-corrected chi connectivity index (χ3v) is 3.76. The highest BCUT2D eigenvalue weighted by Gasteiger charge is 2.20. The van der Waals surface area contributed by atoms with E-state index in [0.717, 1.165) is 18.4 Å². The zero-order valence-electron chi connectivity index (χ0n) is 13.7. The summed E-state index contributed by atoms with van der Waals surface area (Å²) in [5.41, 5.74) is 3.35. The van der Waals surface area contributed by atoms with E-state index in [1.807, 2.05) is 30.3 Å². The fourth-order valence-electron chi connectivity index (χ4n) is 2.65. The molecular formula is C20H25NO. The largest absolute Gasteiger partial charge is 0.351 e. The van der Waals surface area contributed by atoms with E-state index in [2.05, 4.69) is 50.4 Å². The topological polar surface area (TPSA) is 29.1 Å². The lowest BCUT2D eigenvalue weighted by atomic mass is 9.94. The number of hydrogen-bond acceptors (Lipinski definition) is 1. The average molecular weight is 295 g/mol. The van der Waals surface area contributed by atoms with Gasteiger partial charge in [-0.2, -0.15) is 0 Å². The van der Waals surface area contributed by atoms with E-state index >= 15 is 0 Å². The first-order valence-electron chi connectivity index (χ1n) is 7.91. The highest BCUT2D eigenvalue weighted by molar-refractivity contribution is 5.79. The summed E-state index contributed by atoms with van der Waals surface area (Å²) in [6.45, 7) is 6.27. The van der Waals surface area contributed by atoms with E-state index < -0.39 is 0 Å². The standard InChI is InChI=1S/C20H25NO/c1-4-16-10-12-17(13-11-16)14-19(22)21-20(2,3)15-18-8-6-5-7-9-18/h5-13H,4,14-15H2,1-3H3,(H,21,22). The van der Waals surface area contributed by atoms with Crippen molar-refractivity contribution in [2.45, 2.75) is 45.6 Å². The summed E-state index contributed by atoms with van der Waals surface area (Å²) in [5, 5.41) is 3.14. The van der Waals surface area contributed by atoms with Crippen molar-refractivity contribution in [3.05, 3.63) is 71.3 Å². The van der Waals surface area contributed by atoms with Crippen molar-refractivity contribution in [1.82, 2.24) is 5.32 Å². The molecule has 2 rings (SSSR count). The Bertz CT molecular complexity index is 599.